The van der Waals surface area contributed by atoms with E-state index in [0.717, 1.165) is 11.8 Å². The van der Waals surface area contributed by atoms with Gasteiger partial charge in [0, 0.05) is 24.8 Å². The lowest BCUT2D eigenvalue weighted by Gasteiger charge is -2.02. The molecule has 0 aromatic heterocycles. The molecular formula is C13H13NO2. The van der Waals surface area contributed by atoms with E-state index < -0.39 is 0 Å². The highest BCUT2D eigenvalue weighted by atomic mass is 16.1. The molecule has 0 heterocycles. The largest absolute Gasteiger partial charge is 0.299 e. The van der Waals surface area contributed by atoms with Gasteiger partial charge in [0.05, 0.1) is 6.07 Å². The fraction of sp³-hybridized carbons (Fsp3) is 0.308. The van der Waals surface area contributed by atoms with Crippen molar-refractivity contribution >= 4 is 12.1 Å². The van der Waals surface area contributed by atoms with Crippen LogP contribution in [0.1, 0.15) is 35.2 Å². The van der Waals surface area contributed by atoms with Gasteiger partial charge in [0.1, 0.15) is 12.1 Å². The number of ketones is 1. The second-order valence-corrected chi connectivity index (χ2v) is 3.54. The van der Waals surface area contributed by atoms with E-state index in [1.165, 1.54) is 0 Å². The van der Waals surface area contributed by atoms with Gasteiger partial charge in [0.2, 0.25) is 0 Å². The molecule has 0 aliphatic rings. The standard InChI is InChI=1S/C13H13NO2/c14-8-4-3-7-13(16)9-11-5-1-2-6-12(11)10-15/h1-2,5-6,10H,3-4,7,9H2. The first kappa shape index (κ1) is 12.1. The van der Waals surface area contributed by atoms with Gasteiger partial charge in [-0.2, -0.15) is 5.26 Å². The first-order valence-corrected chi connectivity index (χ1v) is 5.19. The van der Waals surface area contributed by atoms with Crippen LogP contribution in [0.2, 0.25) is 0 Å². The third kappa shape index (κ3) is 3.66. The number of hydrogen-bond donors (Lipinski definition) is 0. The Bertz CT molecular complexity index is 418. The van der Waals surface area contributed by atoms with Crippen molar-refractivity contribution < 1.29 is 9.59 Å². The van der Waals surface area contributed by atoms with E-state index in [9.17, 15) is 9.59 Å². The van der Waals surface area contributed by atoms with E-state index in [1.807, 2.05) is 12.1 Å². The monoisotopic (exact) mass is 215 g/mol. The summed E-state index contributed by atoms with van der Waals surface area (Å²) in [6.45, 7) is 0. The Kier molecular flexibility index (Phi) is 4.94. The summed E-state index contributed by atoms with van der Waals surface area (Å²) < 4.78 is 0. The topological polar surface area (TPSA) is 57.9 Å². The van der Waals surface area contributed by atoms with Gasteiger partial charge in [0.15, 0.2) is 0 Å². The number of unbranched alkanes of at least 4 members (excludes halogenated alkanes) is 1. The summed E-state index contributed by atoms with van der Waals surface area (Å²) in [7, 11) is 0. The van der Waals surface area contributed by atoms with Crippen LogP contribution in [0.4, 0.5) is 0 Å². The fourth-order valence-electron chi connectivity index (χ4n) is 1.48. The van der Waals surface area contributed by atoms with Crippen molar-refractivity contribution in [1.82, 2.24) is 0 Å². The number of rotatable bonds is 6. The third-order valence-corrected chi connectivity index (χ3v) is 2.31. The molecule has 0 N–H and O–H groups in total. The molecule has 0 amide bonds. The molecule has 0 atom stereocenters. The van der Waals surface area contributed by atoms with Gasteiger partial charge in [-0.1, -0.05) is 24.3 Å². The van der Waals surface area contributed by atoms with Gasteiger partial charge in [0.25, 0.3) is 0 Å². The summed E-state index contributed by atoms with van der Waals surface area (Å²) in [6, 6.07) is 9.07. The minimum absolute atomic E-state index is 0.0737. The zero-order valence-corrected chi connectivity index (χ0v) is 8.98. The predicted octanol–water partition coefficient (Wildman–Crippen LogP) is 2.30. The van der Waals surface area contributed by atoms with Crippen LogP contribution in [-0.2, 0) is 11.2 Å². The van der Waals surface area contributed by atoms with E-state index in [-0.39, 0.29) is 12.2 Å². The molecule has 0 saturated heterocycles. The predicted molar refractivity (Wildman–Crippen MR) is 60.0 cm³/mol. The van der Waals surface area contributed by atoms with E-state index in [0.29, 0.717) is 24.8 Å². The summed E-state index contributed by atoms with van der Waals surface area (Å²) in [5, 5.41) is 8.34. The van der Waals surface area contributed by atoms with Crippen LogP contribution in [0.25, 0.3) is 0 Å². The first-order valence-electron chi connectivity index (χ1n) is 5.19. The molecule has 0 aliphatic carbocycles. The van der Waals surface area contributed by atoms with Crippen molar-refractivity contribution in [3.63, 3.8) is 0 Å². The number of benzene rings is 1. The Morgan fingerprint density at radius 2 is 2.12 bits per heavy atom. The molecule has 3 nitrogen and oxygen atoms in total. The zero-order valence-electron chi connectivity index (χ0n) is 8.98. The minimum Gasteiger partial charge on any atom is -0.299 e. The number of nitriles is 1. The Labute approximate surface area is 94.7 Å². The fourth-order valence-corrected chi connectivity index (χ4v) is 1.48. The highest BCUT2D eigenvalue weighted by Crippen LogP contribution is 2.09. The molecule has 0 bridgehead atoms. The quantitative estimate of drug-likeness (QED) is 0.540. The van der Waals surface area contributed by atoms with Crippen LogP contribution in [0.3, 0.4) is 0 Å². The highest BCUT2D eigenvalue weighted by molar-refractivity contribution is 5.85. The molecule has 3 heteroatoms. The maximum Gasteiger partial charge on any atom is 0.150 e. The summed E-state index contributed by atoms with van der Waals surface area (Å²) in [5.41, 5.74) is 1.33. The molecule has 1 aromatic carbocycles. The van der Waals surface area contributed by atoms with Crippen molar-refractivity contribution in [2.45, 2.75) is 25.7 Å². The van der Waals surface area contributed by atoms with Crippen molar-refractivity contribution in [2.24, 2.45) is 0 Å². The van der Waals surface area contributed by atoms with Gasteiger partial charge in [-0.25, -0.2) is 0 Å². The van der Waals surface area contributed by atoms with Crippen molar-refractivity contribution in [3.8, 4) is 6.07 Å². The first-order chi connectivity index (χ1) is 7.77. The molecule has 0 unspecified atom stereocenters. The SMILES string of the molecule is N#CCCCC(=O)Cc1ccccc1C=O. The van der Waals surface area contributed by atoms with E-state index in [2.05, 4.69) is 0 Å². The second kappa shape index (κ2) is 6.52. The Hall–Kier alpha value is -1.95. The van der Waals surface area contributed by atoms with Crippen molar-refractivity contribution in [2.75, 3.05) is 0 Å². The van der Waals surface area contributed by atoms with Crippen molar-refractivity contribution in [3.05, 3.63) is 35.4 Å². The van der Waals surface area contributed by atoms with E-state index in [4.69, 9.17) is 5.26 Å². The molecule has 82 valence electrons. The Morgan fingerprint density at radius 3 is 2.81 bits per heavy atom. The number of carbonyl (C=O) groups is 2. The second-order valence-electron chi connectivity index (χ2n) is 3.54. The average molecular weight is 215 g/mol. The van der Waals surface area contributed by atoms with Gasteiger partial charge in [-0.05, 0) is 12.0 Å². The number of hydrogen-bond acceptors (Lipinski definition) is 3. The molecular weight excluding hydrogens is 202 g/mol. The third-order valence-electron chi connectivity index (χ3n) is 2.31. The number of nitrogens with zero attached hydrogens (tertiary/aromatic N) is 1. The highest BCUT2D eigenvalue weighted by Gasteiger charge is 2.06. The maximum absolute atomic E-state index is 11.5. The molecule has 0 radical (unpaired) electrons. The molecule has 1 aromatic rings. The van der Waals surface area contributed by atoms with Gasteiger partial charge < -0.3 is 0 Å². The lowest BCUT2D eigenvalue weighted by Crippen LogP contribution is -2.04. The maximum atomic E-state index is 11.5. The van der Waals surface area contributed by atoms with Crippen LogP contribution >= 0.6 is 0 Å². The van der Waals surface area contributed by atoms with Gasteiger partial charge >= 0.3 is 0 Å². The summed E-state index contributed by atoms with van der Waals surface area (Å²) in [6.07, 6.45) is 2.44. The van der Waals surface area contributed by atoms with Gasteiger partial charge in [-0.3, -0.25) is 9.59 Å². The van der Waals surface area contributed by atoms with Crippen LogP contribution in [0, 0.1) is 11.3 Å². The molecule has 1 rings (SSSR count). The van der Waals surface area contributed by atoms with E-state index in [1.54, 1.807) is 18.2 Å². The normalized spacial score (nSPS) is 9.44. The van der Waals surface area contributed by atoms with E-state index >= 15 is 0 Å². The lowest BCUT2D eigenvalue weighted by atomic mass is 10.0. The molecule has 0 aliphatic heterocycles. The molecule has 16 heavy (non-hydrogen) atoms. The summed E-state index contributed by atoms with van der Waals surface area (Å²) in [4.78, 5) is 22.2. The number of Topliss-reactive ketones (excluding diaryl/α,β-unsaturated/α-hetero) is 1. The van der Waals surface area contributed by atoms with Crippen LogP contribution in [-0.4, -0.2) is 12.1 Å². The summed E-state index contributed by atoms with van der Waals surface area (Å²) >= 11 is 0. The zero-order chi connectivity index (χ0) is 11.8. The van der Waals surface area contributed by atoms with Crippen LogP contribution in [0.5, 0.6) is 0 Å². The Morgan fingerprint density at radius 1 is 1.38 bits per heavy atom. The minimum atomic E-state index is 0.0737. The summed E-state index contributed by atoms with van der Waals surface area (Å²) in [5.74, 6) is 0.0737. The lowest BCUT2D eigenvalue weighted by molar-refractivity contribution is -0.118. The van der Waals surface area contributed by atoms with Gasteiger partial charge in [-0.15, -0.1) is 0 Å². The van der Waals surface area contributed by atoms with Crippen LogP contribution < -0.4 is 0 Å². The molecule has 0 saturated carbocycles. The average Bonchev–Trinajstić information content (AvgIpc) is 2.30. The Balaban J connectivity index is 2.56. The number of aldehydes is 1. The van der Waals surface area contributed by atoms with Crippen LogP contribution in [0.15, 0.2) is 24.3 Å². The molecule has 0 spiro atoms. The van der Waals surface area contributed by atoms with Crippen molar-refractivity contribution in [1.29, 1.82) is 5.26 Å². The smallest absolute Gasteiger partial charge is 0.150 e. The molecule has 0 fully saturated rings. The number of carbonyl (C=O) groups excluding carboxylic acids is 2.